The summed E-state index contributed by atoms with van der Waals surface area (Å²) in [7, 11) is 1.67. The number of hydrogen-bond acceptors (Lipinski definition) is 2. The average Bonchev–Trinajstić information content (AvgIpc) is 2.72. The molecule has 1 aliphatic rings. The molecule has 1 unspecified atom stereocenters. The zero-order valence-electron chi connectivity index (χ0n) is 12.6. The number of ether oxygens (including phenoxy) is 1. The quantitative estimate of drug-likeness (QED) is 0.853. The van der Waals surface area contributed by atoms with Crippen LogP contribution in [0.1, 0.15) is 31.0 Å². The molecular weight excluding hydrogens is 282 g/mol. The van der Waals surface area contributed by atoms with Gasteiger partial charge in [-0.25, -0.2) is 0 Å². The number of benzene rings is 2. The minimum atomic E-state index is 0.149. The standard InChI is InChI=1S/C18H20ClNO/c1-18(2)11-12-6-4-5-7-14(12)17(18)20-16-10-13(21-3)8-9-15(16)19/h4-10,17,20H,11H2,1-3H3. The van der Waals surface area contributed by atoms with E-state index in [-0.39, 0.29) is 11.5 Å². The Labute approximate surface area is 131 Å². The maximum absolute atomic E-state index is 6.33. The first kappa shape index (κ1) is 14.3. The summed E-state index contributed by atoms with van der Waals surface area (Å²) in [6.07, 6.45) is 1.07. The number of nitrogens with one attached hydrogen (secondary N) is 1. The van der Waals surface area contributed by atoms with Crippen LogP contribution in [0.4, 0.5) is 5.69 Å². The molecule has 3 heteroatoms. The lowest BCUT2D eigenvalue weighted by Crippen LogP contribution is -2.24. The Morgan fingerprint density at radius 3 is 2.71 bits per heavy atom. The Hall–Kier alpha value is -1.67. The molecule has 110 valence electrons. The molecule has 1 atom stereocenters. The molecule has 1 aliphatic carbocycles. The second-order valence-electron chi connectivity index (χ2n) is 6.29. The summed E-state index contributed by atoms with van der Waals surface area (Å²) in [6, 6.07) is 14.6. The number of hydrogen-bond donors (Lipinski definition) is 1. The van der Waals surface area contributed by atoms with Crippen molar-refractivity contribution in [2.45, 2.75) is 26.3 Å². The van der Waals surface area contributed by atoms with Crippen molar-refractivity contribution in [3.05, 3.63) is 58.6 Å². The first-order valence-corrected chi connectivity index (χ1v) is 7.57. The Morgan fingerprint density at radius 1 is 1.19 bits per heavy atom. The van der Waals surface area contributed by atoms with Crippen molar-refractivity contribution in [1.82, 2.24) is 0 Å². The van der Waals surface area contributed by atoms with Gasteiger partial charge in [-0.1, -0.05) is 49.7 Å². The summed E-state index contributed by atoms with van der Waals surface area (Å²) in [6.45, 7) is 4.58. The first-order valence-electron chi connectivity index (χ1n) is 7.19. The van der Waals surface area contributed by atoms with E-state index >= 15 is 0 Å². The molecule has 0 amide bonds. The summed E-state index contributed by atoms with van der Waals surface area (Å²) in [5.74, 6) is 0.811. The highest BCUT2D eigenvalue weighted by Crippen LogP contribution is 2.47. The topological polar surface area (TPSA) is 21.3 Å². The van der Waals surface area contributed by atoms with E-state index in [0.29, 0.717) is 0 Å². The monoisotopic (exact) mass is 301 g/mol. The van der Waals surface area contributed by atoms with Crippen molar-refractivity contribution >= 4 is 17.3 Å². The Kier molecular flexibility index (Phi) is 3.58. The molecule has 3 rings (SSSR count). The molecular formula is C18H20ClNO. The van der Waals surface area contributed by atoms with Crippen LogP contribution in [0.15, 0.2) is 42.5 Å². The lowest BCUT2D eigenvalue weighted by atomic mass is 9.85. The summed E-state index contributed by atoms with van der Waals surface area (Å²) >= 11 is 6.33. The van der Waals surface area contributed by atoms with E-state index in [1.807, 2.05) is 18.2 Å². The van der Waals surface area contributed by atoms with Gasteiger partial charge in [-0.3, -0.25) is 0 Å². The van der Waals surface area contributed by atoms with Crippen LogP contribution in [0, 0.1) is 5.41 Å². The maximum Gasteiger partial charge on any atom is 0.121 e. The van der Waals surface area contributed by atoms with E-state index < -0.39 is 0 Å². The molecule has 0 bridgehead atoms. The Morgan fingerprint density at radius 2 is 1.95 bits per heavy atom. The number of anilines is 1. The van der Waals surface area contributed by atoms with E-state index in [1.54, 1.807) is 7.11 Å². The smallest absolute Gasteiger partial charge is 0.121 e. The van der Waals surface area contributed by atoms with E-state index in [1.165, 1.54) is 11.1 Å². The van der Waals surface area contributed by atoms with Crippen molar-refractivity contribution < 1.29 is 4.74 Å². The van der Waals surface area contributed by atoms with Crippen LogP contribution in [0.3, 0.4) is 0 Å². The third kappa shape index (κ3) is 2.60. The number of halogens is 1. The highest BCUT2D eigenvalue weighted by atomic mass is 35.5. The summed E-state index contributed by atoms with van der Waals surface area (Å²) in [5.41, 5.74) is 3.85. The summed E-state index contributed by atoms with van der Waals surface area (Å²) < 4.78 is 5.30. The van der Waals surface area contributed by atoms with Gasteiger partial charge >= 0.3 is 0 Å². The van der Waals surface area contributed by atoms with Crippen molar-refractivity contribution in [2.75, 3.05) is 12.4 Å². The fourth-order valence-electron chi connectivity index (χ4n) is 3.16. The Balaban J connectivity index is 1.97. The second-order valence-corrected chi connectivity index (χ2v) is 6.69. The second kappa shape index (κ2) is 5.27. The van der Waals surface area contributed by atoms with Crippen molar-refractivity contribution in [3.63, 3.8) is 0 Å². The molecule has 0 saturated heterocycles. The SMILES string of the molecule is COc1ccc(Cl)c(NC2c3ccccc3CC2(C)C)c1. The molecule has 2 nitrogen and oxygen atoms in total. The third-order valence-corrected chi connectivity index (χ3v) is 4.60. The molecule has 0 heterocycles. The highest BCUT2D eigenvalue weighted by Gasteiger charge is 2.38. The van der Waals surface area contributed by atoms with Gasteiger partial charge in [0.25, 0.3) is 0 Å². The third-order valence-electron chi connectivity index (χ3n) is 4.27. The van der Waals surface area contributed by atoms with Crippen molar-refractivity contribution in [3.8, 4) is 5.75 Å². The average molecular weight is 302 g/mol. The van der Waals surface area contributed by atoms with Gasteiger partial charge in [0.1, 0.15) is 5.75 Å². The summed E-state index contributed by atoms with van der Waals surface area (Å²) in [5, 5.41) is 4.34. The Bertz CT molecular complexity index is 666. The predicted molar refractivity (Wildman–Crippen MR) is 88.3 cm³/mol. The van der Waals surface area contributed by atoms with Crippen LogP contribution >= 0.6 is 11.6 Å². The largest absolute Gasteiger partial charge is 0.497 e. The van der Waals surface area contributed by atoms with Crippen molar-refractivity contribution in [1.29, 1.82) is 0 Å². The molecule has 0 aliphatic heterocycles. The van der Waals surface area contributed by atoms with Crippen LogP contribution in [-0.4, -0.2) is 7.11 Å². The molecule has 0 saturated carbocycles. The van der Waals surface area contributed by atoms with Crippen LogP contribution in [0.2, 0.25) is 5.02 Å². The number of fused-ring (bicyclic) bond motifs is 1. The lowest BCUT2D eigenvalue weighted by Gasteiger charge is -2.30. The number of rotatable bonds is 3. The van der Waals surface area contributed by atoms with Crippen molar-refractivity contribution in [2.24, 2.45) is 5.41 Å². The fraction of sp³-hybridized carbons (Fsp3) is 0.333. The first-order chi connectivity index (χ1) is 10.0. The van der Waals surface area contributed by atoms with E-state index in [9.17, 15) is 0 Å². The highest BCUT2D eigenvalue weighted by molar-refractivity contribution is 6.33. The van der Waals surface area contributed by atoms with E-state index in [0.717, 1.165) is 22.9 Å². The van der Waals surface area contributed by atoms with Gasteiger partial charge < -0.3 is 10.1 Å². The molecule has 0 radical (unpaired) electrons. The normalized spacial score (nSPS) is 19.1. The van der Waals surface area contributed by atoms with Gasteiger partial charge in [0.05, 0.1) is 23.9 Å². The molecule has 0 aromatic heterocycles. The van der Waals surface area contributed by atoms with Crippen LogP contribution in [0.5, 0.6) is 5.75 Å². The van der Waals surface area contributed by atoms with E-state index in [2.05, 4.69) is 43.4 Å². The number of methoxy groups -OCH3 is 1. The van der Waals surface area contributed by atoms with Crippen LogP contribution in [0.25, 0.3) is 0 Å². The van der Waals surface area contributed by atoms with E-state index in [4.69, 9.17) is 16.3 Å². The molecule has 21 heavy (non-hydrogen) atoms. The molecule has 0 fully saturated rings. The van der Waals surface area contributed by atoms with Gasteiger partial charge in [-0.15, -0.1) is 0 Å². The fourth-order valence-corrected chi connectivity index (χ4v) is 3.33. The maximum atomic E-state index is 6.33. The minimum Gasteiger partial charge on any atom is -0.497 e. The van der Waals surface area contributed by atoms with Gasteiger partial charge in [-0.2, -0.15) is 0 Å². The van der Waals surface area contributed by atoms with Gasteiger partial charge in [0.2, 0.25) is 0 Å². The molecule has 2 aromatic rings. The zero-order valence-corrected chi connectivity index (χ0v) is 13.4. The lowest BCUT2D eigenvalue weighted by molar-refractivity contribution is 0.337. The van der Waals surface area contributed by atoms with Gasteiger partial charge in [0.15, 0.2) is 0 Å². The van der Waals surface area contributed by atoms with Gasteiger partial charge in [0, 0.05) is 6.07 Å². The van der Waals surface area contributed by atoms with Crippen LogP contribution in [-0.2, 0) is 6.42 Å². The molecule has 1 N–H and O–H groups in total. The van der Waals surface area contributed by atoms with Crippen LogP contribution < -0.4 is 10.1 Å². The zero-order chi connectivity index (χ0) is 15.0. The summed E-state index contributed by atoms with van der Waals surface area (Å²) in [4.78, 5) is 0. The minimum absolute atomic E-state index is 0.149. The van der Waals surface area contributed by atoms with Gasteiger partial charge in [-0.05, 0) is 35.1 Å². The molecule has 2 aromatic carbocycles. The molecule has 0 spiro atoms. The predicted octanol–water partition coefficient (Wildman–Crippen LogP) is 5.08.